The van der Waals surface area contributed by atoms with Crippen molar-refractivity contribution in [3.63, 3.8) is 0 Å². The summed E-state index contributed by atoms with van der Waals surface area (Å²) >= 11 is 6.13. The summed E-state index contributed by atoms with van der Waals surface area (Å²) in [6, 6.07) is 2.09. The van der Waals surface area contributed by atoms with E-state index >= 15 is 0 Å². The number of anilines is 1. The number of nitrogens with one attached hydrogen (secondary N) is 1. The van der Waals surface area contributed by atoms with E-state index in [9.17, 15) is 0 Å². The Kier molecular flexibility index (Phi) is 4.24. The molecule has 4 heteroatoms. The van der Waals surface area contributed by atoms with Crippen molar-refractivity contribution in [3.8, 4) is 0 Å². The van der Waals surface area contributed by atoms with E-state index in [1.165, 1.54) is 12.8 Å². The van der Waals surface area contributed by atoms with Gasteiger partial charge in [-0.15, -0.1) is 0 Å². The summed E-state index contributed by atoms with van der Waals surface area (Å²) in [6.45, 7) is 4.96. The summed E-state index contributed by atoms with van der Waals surface area (Å²) in [6.07, 6.45) is 4.48. The van der Waals surface area contributed by atoms with Crippen LogP contribution in [0.1, 0.15) is 25.3 Å². The fourth-order valence-corrected chi connectivity index (χ4v) is 2.02. The highest BCUT2D eigenvalue weighted by Gasteiger charge is 2.23. The lowest BCUT2D eigenvalue weighted by Gasteiger charge is -2.19. The zero-order valence-corrected chi connectivity index (χ0v) is 11.3. The molecule has 0 unspecified atom stereocenters. The third kappa shape index (κ3) is 3.58. The summed E-state index contributed by atoms with van der Waals surface area (Å²) in [7, 11) is 2.10. The van der Waals surface area contributed by atoms with Crippen LogP contribution in [0.4, 0.5) is 5.82 Å². The third-order valence-electron chi connectivity index (χ3n) is 3.11. The standard InChI is InChI=1S/C13H20ClN3/c1-3-15-7-11-6-13(16-8-12(11)14)17(2)9-10-4-5-10/h6,8,10,15H,3-5,7,9H2,1-2H3. The summed E-state index contributed by atoms with van der Waals surface area (Å²) < 4.78 is 0. The Labute approximate surface area is 108 Å². The van der Waals surface area contributed by atoms with Gasteiger partial charge in [-0.3, -0.25) is 0 Å². The van der Waals surface area contributed by atoms with Crippen molar-refractivity contribution in [2.45, 2.75) is 26.3 Å². The van der Waals surface area contributed by atoms with E-state index in [0.717, 1.165) is 42.0 Å². The van der Waals surface area contributed by atoms with Crippen molar-refractivity contribution in [1.29, 1.82) is 0 Å². The fraction of sp³-hybridized carbons (Fsp3) is 0.615. The molecule has 3 nitrogen and oxygen atoms in total. The first-order valence-electron chi connectivity index (χ1n) is 6.27. The summed E-state index contributed by atoms with van der Waals surface area (Å²) in [4.78, 5) is 6.62. The molecule has 0 atom stereocenters. The van der Waals surface area contributed by atoms with E-state index in [4.69, 9.17) is 11.6 Å². The van der Waals surface area contributed by atoms with Crippen molar-refractivity contribution >= 4 is 17.4 Å². The quantitative estimate of drug-likeness (QED) is 0.845. The van der Waals surface area contributed by atoms with Crippen LogP contribution in [0.3, 0.4) is 0 Å². The monoisotopic (exact) mass is 253 g/mol. The van der Waals surface area contributed by atoms with Crippen molar-refractivity contribution < 1.29 is 0 Å². The molecule has 1 aliphatic carbocycles. The van der Waals surface area contributed by atoms with Crippen LogP contribution >= 0.6 is 11.6 Å². The maximum Gasteiger partial charge on any atom is 0.128 e. The Bertz CT molecular complexity index is 377. The van der Waals surface area contributed by atoms with Crippen molar-refractivity contribution in [3.05, 3.63) is 22.8 Å². The molecule has 0 amide bonds. The highest BCUT2D eigenvalue weighted by Crippen LogP contribution is 2.31. The van der Waals surface area contributed by atoms with Crippen LogP contribution in [0.25, 0.3) is 0 Å². The highest BCUT2D eigenvalue weighted by atomic mass is 35.5. The molecule has 1 aromatic heterocycles. The third-order valence-corrected chi connectivity index (χ3v) is 3.45. The minimum Gasteiger partial charge on any atom is -0.359 e. The first-order chi connectivity index (χ1) is 8.20. The minimum atomic E-state index is 0.745. The number of pyridine rings is 1. The first kappa shape index (κ1) is 12.7. The zero-order valence-electron chi connectivity index (χ0n) is 10.5. The molecular weight excluding hydrogens is 234 g/mol. The Morgan fingerprint density at radius 2 is 2.29 bits per heavy atom. The van der Waals surface area contributed by atoms with E-state index in [1.807, 2.05) is 0 Å². The molecule has 0 bridgehead atoms. The van der Waals surface area contributed by atoms with Crippen LogP contribution in [-0.2, 0) is 6.54 Å². The number of nitrogens with zero attached hydrogens (tertiary/aromatic N) is 2. The topological polar surface area (TPSA) is 28.2 Å². The van der Waals surface area contributed by atoms with Gasteiger partial charge < -0.3 is 10.2 Å². The van der Waals surface area contributed by atoms with E-state index in [0.29, 0.717) is 0 Å². The van der Waals surface area contributed by atoms with Gasteiger partial charge in [0.2, 0.25) is 0 Å². The summed E-state index contributed by atoms with van der Waals surface area (Å²) in [5, 5.41) is 4.04. The molecule has 1 aromatic rings. The summed E-state index contributed by atoms with van der Waals surface area (Å²) in [5.41, 5.74) is 1.13. The maximum absolute atomic E-state index is 6.13. The molecule has 1 heterocycles. The number of aromatic nitrogens is 1. The molecule has 1 aliphatic rings. The van der Waals surface area contributed by atoms with Gasteiger partial charge >= 0.3 is 0 Å². The van der Waals surface area contributed by atoms with Crippen LogP contribution in [0.5, 0.6) is 0 Å². The van der Waals surface area contributed by atoms with Gasteiger partial charge in [-0.2, -0.15) is 0 Å². The van der Waals surface area contributed by atoms with Gasteiger partial charge in [-0.25, -0.2) is 4.98 Å². The second-order valence-corrected chi connectivity index (χ2v) is 5.15. The fourth-order valence-electron chi connectivity index (χ4n) is 1.85. The van der Waals surface area contributed by atoms with Crippen LogP contribution in [0, 0.1) is 5.92 Å². The van der Waals surface area contributed by atoms with E-state index in [1.54, 1.807) is 6.20 Å². The number of halogens is 1. The number of hydrogen-bond donors (Lipinski definition) is 1. The molecule has 0 aliphatic heterocycles. The smallest absolute Gasteiger partial charge is 0.128 e. The minimum absolute atomic E-state index is 0.745. The molecule has 0 saturated heterocycles. The average Bonchev–Trinajstić information content (AvgIpc) is 3.11. The molecule has 0 spiro atoms. The van der Waals surface area contributed by atoms with Crippen LogP contribution in [0.15, 0.2) is 12.3 Å². The lowest BCUT2D eigenvalue weighted by atomic mass is 10.2. The lowest BCUT2D eigenvalue weighted by molar-refractivity contribution is 0.723. The van der Waals surface area contributed by atoms with Gasteiger partial charge in [0.05, 0.1) is 5.02 Å². The molecular formula is C13H20ClN3. The van der Waals surface area contributed by atoms with E-state index in [2.05, 4.69) is 35.2 Å². The average molecular weight is 254 g/mol. The Morgan fingerprint density at radius 1 is 1.53 bits per heavy atom. The largest absolute Gasteiger partial charge is 0.359 e. The second kappa shape index (κ2) is 5.69. The van der Waals surface area contributed by atoms with Crippen molar-refractivity contribution in [2.75, 3.05) is 25.0 Å². The predicted octanol–water partition coefficient (Wildman–Crippen LogP) is 2.69. The molecule has 1 saturated carbocycles. The Hall–Kier alpha value is -0.800. The van der Waals surface area contributed by atoms with Crippen molar-refractivity contribution in [1.82, 2.24) is 10.3 Å². The Balaban J connectivity index is 2.05. The molecule has 94 valence electrons. The number of rotatable bonds is 6. The second-order valence-electron chi connectivity index (χ2n) is 4.74. The van der Waals surface area contributed by atoms with Gasteiger partial charge in [0.25, 0.3) is 0 Å². The van der Waals surface area contributed by atoms with E-state index in [-0.39, 0.29) is 0 Å². The maximum atomic E-state index is 6.13. The van der Waals surface area contributed by atoms with Gasteiger partial charge in [-0.05, 0) is 36.9 Å². The molecule has 1 N–H and O–H groups in total. The van der Waals surface area contributed by atoms with Crippen LogP contribution < -0.4 is 10.2 Å². The van der Waals surface area contributed by atoms with E-state index < -0.39 is 0 Å². The van der Waals surface area contributed by atoms with Gasteiger partial charge in [-0.1, -0.05) is 18.5 Å². The zero-order chi connectivity index (χ0) is 12.3. The molecule has 0 radical (unpaired) electrons. The van der Waals surface area contributed by atoms with Gasteiger partial charge in [0, 0.05) is 26.3 Å². The summed E-state index contributed by atoms with van der Waals surface area (Å²) in [5.74, 6) is 1.89. The van der Waals surface area contributed by atoms with Crippen LogP contribution in [-0.4, -0.2) is 25.1 Å². The predicted molar refractivity (Wildman–Crippen MR) is 72.6 cm³/mol. The SMILES string of the molecule is CCNCc1cc(N(C)CC2CC2)ncc1Cl. The van der Waals surface area contributed by atoms with Gasteiger partial charge in [0.1, 0.15) is 5.82 Å². The van der Waals surface area contributed by atoms with Crippen molar-refractivity contribution in [2.24, 2.45) is 5.92 Å². The lowest BCUT2D eigenvalue weighted by Crippen LogP contribution is -2.21. The van der Waals surface area contributed by atoms with Crippen LogP contribution in [0.2, 0.25) is 5.02 Å². The number of hydrogen-bond acceptors (Lipinski definition) is 3. The molecule has 17 heavy (non-hydrogen) atoms. The molecule has 2 rings (SSSR count). The first-order valence-corrected chi connectivity index (χ1v) is 6.64. The normalized spacial score (nSPS) is 15.0. The Morgan fingerprint density at radius 3 is 2.94 bits per heavy atom. The van der Waals surface area contributed by atoms with Gasteiger partial charge in [0.15, 0.2) is 0 Å². The molecule has 0 aromatic carbocycles. The molecule has 1 fully saturated rings. The highest BCUT2D eigenvalue weighted by molar-refractivity contribution is 6.31.